The third-order valence-electron chi connectivity index (χ3n) is 6.46. The molecule has 2 aromatic carbocycles. The number of ether oxygens (including phenoxy) is 1. The minimum Gasteiger partial charge on any atom is -0.497 e. The number of nitrogens with one attached hydrogen (secondary N) is 2. The number of aromatic nitrogens is 2. The Morgan fingerprint density at radius 3 is 2.55 bits per heavy atom. The first-order valence-electron chi connectivity index (χ1n) is 10.6. The molecule has 1 aliphatic rings. The smallest absolute Gasteiger partial charge is 0.261 e. The van der Waals surface area contributed by atoms with Crippen LogP contribution in [-0.4, -0.2) is 29.1 Å². The van der Waals surface area contributed by atoms with Gasteiger partial charge in [-0.3, -0.25) is 14.2 Å². The Morgan fingerprint density at radius 1 is 1.16 bits per heavy atom. The average molecular weight is 438 g/mol. The number of H-pyrrole nitrogens is 1. The molecule has 2 N–H and O–H groups in total. The van der Waals surface area contributed by atoms with Gasteiger partial charge >= 0.3 is 0 Å². The van der Waals surface area contributed by atoms with Gasteiger partial charge in [-0.15, -0.1) is 0 Å². The summed E-state index contributed by atoms with van der Waals surface area (Å²) in [5.74, 6) is 0.679. The molecule has 0 radical (unpaired) electrons. The molecule has 1 aliphatic carbocycles. The van der Waals surface area contributed by atoms with E-state index in [1.165, 1.54) is 16.6 Å². The fourth-order valence-electron chi connectivity index (χ4n) is 4.54. The normalized spacial score (nSPS) is 15.5. The van der Waals surface area contributed by atoms with E-state index in [0.29, 0.717) is 27.8 Å². The van der Waals surface area contributed by atoms with Crippen molar-refractivity contribution >= 4 is 29.0 Å². The summed E-state index contributed by atoms with van der Waals surface area (Å²) in [6.45, 7) is 0.572. The Hall–Kier alpha value is -2.93. The van der Waals surface area contributed by atoms with Gasteiger partial charge in [-0.2, -0.15) is 0 Å². The molecular formula is C24H27N3O3S. The Balaban J connectivity index is 1.58. The van der Waals surface area contributed by atoms with Crippen LogP contribution in [0.15, 0.2) is 47.3 Å². The van der Waals surface area contributed by atoms with Crippen LogP contribution >= 0.6 is 12.2 Å². The van der Waals surface area contributed by atoms with E-state index in [1.807, 2.05) is 12.1 Å². The van der Waals surface area contributed by atoms with Crippen LogP contribution in [0.1, 0.15) is 48.0 Å². The summed E-state index contributed by atoms with van der Waals surface area (Å²) in [5, 5.41) is 3.66. The fraction of sp³-hybridized carbons (Fsp3) is 0.375. The number of carbonyl (C=O) groups is 1. The third kappa shape index (κ3) is 4.14. The van der Waals surface area contributed by atoms with Gasteiger partial charge in [0, 0.05) is 24.6 Å². The number of benzene rings is 2. The van der Waals surface area contributed by atoms with Crippen molar-refractivity contribution in [2.75, 3.05) is 13.7 Å². The van der Waals surface area contributed by atoms with Crippen LogP contribution in [0, 0.1) is 4.77 Å². The molecule has 0 aliphatic heterocycles. The van der Waals surface area contributed by atoms with Gasteiger partial charge < -0.3 is 15.0 Å². The van der Waals surface area contributed by atoms with Gasteiger partial charge in [0.2, 0.25) is 0 Å². The first-order chi connectivity index (χ1) is 14.9. The Bertz CT molecular complexity index is 1220. The van der Waals surface area contributed by atoms with Gasteiger partial charge in [0.1, 0.15) is 5.75 Å². The van der Waals surface area contributed by atoms with E-state index in [4.69, 9.17) is 17.0 Å². The summed E-state index contributed by atoms with van der Waals surface area (Å²) >= 11 is 5.20. The van der Waals surface area contributed by atoms with E-state index >= 15 is 0 Å². The molecule has 1 amide bonds. The molecule has 0 bridgehead atoms. The monoisotopic (exact) mass is 437 g/mol. The van der Waals surface area contributed by atoms with Crippen LogP contribution in [0.25, 0.3) is 10.9 Å². The number of fused-ring (bicyclic) bond motifs is 1. The largest absolute Gasteiger partial charge is 0.497 e. The van der Waals surface area contributed by atoms with Crippen molar-refractivity contribution in [2.24, 2.45) is 7.05 Å². The molecule has 1 fully saturated rings. The summed E-state index contributed by atoms with van der Waals surface area (Å²) in [5.41, 5.74) is 2.06. The van der Waals surface area contributed by atoms with Crippen molar-refractivity contribution < 1.29 is 9.53 Å². The Morgan fingerprint density at radius 2 is 1.87 bits per heavy atom. The van der Waals surface area contributed by atoms with E-state index in [0.717, 1.165) is 31.4 Å². The standard InChI is InChI=1S/C24H27N3O3S/c1-27-22(29)19-11-6-16(14-20(19)26-23(27)31)21(28)25-15-24(12-4-3-5-13-24)17-7-9-18(30-2)10-8-17/h6-11,14H,3-5,12-13,15H2,1-2H3,(H,25,28)(H,26,31). The number of nitrogens with zero attached hydrogens (tertiary/aromatic N) is 1. The number of amides is 1. The van der Waals surface area contributed by atoms with Crippen molar-refractivity contribution in [3.63, 3.8) is 0 Å². The van der Waals surface area contributed by atoms with Crippen molar-refractivity contribution in [3.05, 3.63) is 68.7 Å². The van der Waals surface area contributed by atoms with E-state index in [2.05, 4.69) is 22.4 Å². The molecule has 0 saturated heterocycles. The van der Waals surface area contributed by atoms with Gasteiger partial charge in [0.25, 0.3) is 11.5 Å². The molecule has 0 spiro atoms. The van der Waals surface area contributed by atoms with E-state index < -0.39 is 0 Å². The van der Waals surface area contributed by atoms with Gasteiger partial charge in [0.15, 0.2) is 4.77 Å². The topological polar surface area (TPSA) is 76.1 Å². The maximum atomic E-state index is 13.0. The van der Waals surface area contributed by atoms with Crippen molar-refractivity contribution in [3.8, 4) is 5.75 Å². The van der Waals surface area contributed by atoms with E-state index in [-0.39, 0.29) is 16.9 Å². The van der Waals surface area contributed by atoms with E-state index in [1.54, 1.807) is 32.4 Å². The first-order valence-corrected chi connectivity index (χ1v) is 11.0. The second-order valence-electron chi connectivity index (χ2n) is 8.31. The van der Waals surface area contributed by atoms with Crippen molar-refractivity contribution in [1.82, 2.24) is 14.9 Å². The summed E-state index contributed by atoms with van der Waals surface area (Å²) in [6.07, 6.45) is 5.61. The zero-order valence-electron chi connectivity index (χ0n) is 17.9. The number of rotatable bonds is 5. The lowest BCUT2D eigenvalue weighted by atomic mass is 9.69. The Labute approximate surface area is 186 Å². The number of methoxy groups -OCH3 is 1. The second-order valence-corrected chi connectivity index (χ2v) is 8.69. The van der Waals surface area contributed by atoms with Crippen LogP contribution in [0.4, 0.5) is 0 Å². The predicted octanol–water partition coefficient (Wildman–Crippen LogP) is 4.24. The van der Waals surface area contributed by atoms with Gasteiger partial charge in [-0.1, -0.05) is 31.4 Å². The van der Waals surface area contributed by atoms with Gasteiger partial charge in [0.05, 0.1) is 18.0 Å². The number of carbonyl (C=O) groups excluding carboxylic acids is 1. The molecular weight excluding hydrogens is 410 g/mol. The minimum atomic E-state index is -0.175. The Kier molecular flexibility index (Phi) is 5.96. The SMILES string of the molecule is COc1ccc(C2(CNC(=O)c3ccc4c(=O)n(C)c(=S)[nH]c4c3)CCCCC2)cc1. The molecule has 1 aromatic heterocycles. The fourth-order valence-corrected chi connectivity index (χ4v) is 4.73. The first kappa shape index (κ1) is 21.3. The maximum Gasteiger partial charge on any atom is 0.261 e. The molecule has 7 heteroatoms. The predicted molar refractivity (Wildman–Crippen MR) is 124 cm³/mol. The highest BCUT2D eigenvalue weighted by atomic mass is 32.1. The average Bonchev–Trinajstić information content (AvgIpc) is 2.81. The lowest BCUT2D eigenvalue weighted by molar-refractivity contribution is 0.0936. The summed E-state index contributed by atoms with van der Waals surface area (Å²) in [4.78, 5) is 28.4. The zero-order chi connectivity index (χ0) is 22.0. The van der Waals surface area contributed by atoms with E-state index in [9.17, 15) is 9.59 Å². The summed E-state index contributed by atoms with van der Waals surface area (Å²) < 4.78 is 7.02. The number of hydrogen-bond donors (Lipinski definition) is 2. The lowest BCUT2D eigenvalue weighted by Crippen LogP contribution is -2.42. The molecule has 6 nitrogen and oxygen atoms in total. The molecule has 3 aromatic rings. The quantitative estimate of drug-likeness (QED) is 0.586. The van der Waals surface area contributed by atoms with Crippen LogP contribution in [-0.2, 0) is 12.5 Å². The van der Waals surface area contributed by atoms with Crippen LogP contribution in [0.5, 0.6) is 5.75 Å². The molecule has 1 saturated carbocycles. The van der Waals surface area contributed by atoms with Gasteiger partial charge in [-0.25, -0.2) is 0 Å². The number of aromatic amines is 1. The number of hydrogen-bond acceptors (Lipinski definition) is 4. The van der Waals surface area contributed by atoms with Crippen molar-refractivity contribution in [1.29, 1.82) is 0 Å². The minimum absolute atomic E-state index is 0.0765. The summed E-state index contributed by atoms with van der Waals surface area (Å²) in [6, 6.07) is 13.3. The highest BCUT2D eigenvalue weighted by Gasteiger charge is 2.34. The third-order valence-corrected chi connectivity index (χ3v) is 6.84. The second kappa shape index (κ2) is 8.67. The molecule has 0 atom stereocenters. The maximum absolute atomic E-state index is 13.0. The summed E-state index contributed by atoms with van der Waals surface area (Å²) in [7, 11) is 3.29. The highest BCUT2D eigenvalue weighted by molar-refractivity contribution is 7.71. The zero-order valence-corrected chi connectivity index (χ0v) is 18.7. The molecule has 31 heavy (non-hydrogen) atoms. The molecule has 1 heterocycles. The van der Waals surface area contributed by atoms with Crippen LogP contribution < -0.4 is 15.6 Å². The van der Waals surface area contributed by atoms with Crippen LogP contribution in [0.2, 0.25) is 0 Å². The van der Waals surface area contributed by atoms with Gasteiger partial charge in [-0.05, 0) is 61.0 Å². The molecule has 4 rings (SSSR count). The molecule has 0 unspecified atom stereocenters. The molecule has 162 valence electrons. The highest BCUT2D eigenvalue weighted by Crippen LogP contribution is 2.39. The van der Waals surface area contributed by atoms with Crippen LogP contribution in [0.3, 0.4) is 0 Å². The lowest BCUT2D eigenvalue weighted by Gasteiger charge is -2.38. The van der Waals surface area contributed by atoms with Crippen molar-refractivity contribution in [2.45, 2.75) is 37.5 Å².